The lowest BCUT2D eigenvalue weighted by Gasteiger charge is -2.25. The predicted octanol–water partition coefficient (Wildman–Crippen LogP) is 3.76. The van der Waals surface area contributed by atoms with Crippen molar-refractivity contribution in [2.45, 2.75) is 40.2 Å². The molecule has 0 atom stereocenters. The molecule has 2 aromatic rings. The van der Waals surface area contributed by atoms with E-state index in [0.717, 1.165) is 28.8 Å². The van der Waals surface area contributed by atoms with E-state index < -0.39 is 0 Å². The summed E-state index contributed by atoms with van der Waals surface area (Å²) in [6.45, 7) is 6.19. The second-order valence-electron chi connectivity index (χ2n) is 6.26. The highest BCUT2D eigenvalue weighted by atomic mass is 19.1. The molecule has 0 bridgehead atoms. The Kier molecular flexibility index (Phi) is 6.89. The minimum absolute atomic E-state index is 0.0830. The maximum absolute atomic E-state index is 12.9. The summed E-state index contributed by atoms with van der Waals surface area (Å²) in [6, 6.07) is 12.0. The Bertz CT molecular complexity index is 772. The fraction of sp³-hybridized carbons (Fsp3) is 0.333. The molecule has 0 unspecified atom stereocenters. The zero-order chi connectivity index (χ0) is 19.1. The topological polar surface area (TPSA) is 49.4 Å². The first-order valence-electron chi connectivity index (χ1n) is 8.80. The first-order chi connectivity index (χ1) is 12.4. The summed E-state index contributed by atoms with van der Waals surface area (Å²) in [4.78, 5) is 26.0. The van der Waals surface area contributed by atoms with Crippen molar-refractivity contribution in [1.29, 1.82) is 0 Å². The average Bonchev–Trinajstić information content (AvgIpc) is 2.62. The molecule has 4 nitrogen and oxygen atoms in total. The van der Waals surface area contributed by atoms with Gasteiger partial charge < -0.3 is 10.2 Å². The van der Waals surface area contributed by atoms with Gasteiger partial charge in [-0.1, -0.05) is 37.3 Å². The smallest absolute Gasteiger partial charge is 0.223 e. The van der Waals surface area contributed by atoms with Crippen LogP contribution in [0.4, 0.5) is 10.1 Å². The third-order valence-corrected chi connectivity index (χ3v) is 4.32. The number of aryl methyl sites for hydroxylation is 2. The number of benzene rings is 2. The molecule has 26 heavy (non-hydrogen) atoms. The molecule has 138 valence electrons. The molecule has 0 radical (unpaired) electrons. The van der Waals surface area contributed by atoms with E-state index in [9.17, 15) is 14.0 Å². The molecule has 0 saturated carbocycles. The SMILES string of the molecule is CCc1cccc(C)c1N(CCC(=O)NCc1ccc(F)cc1)C(C)=O. The van der Waals surface area contributed by atoms with Gasteiger partial charge >= 0.3 is 0 Å². The summed E-state index contributed by atoms with van der Waals surface area (Å²) in [5.41, 5.74) is 3.84. The highest BCUT2D eigenvalue weighted by molar-refractivity contribution is 5.94. The van der Waals surface area contributed by atoms with Crippen LogP contribution in [0.15, 0.2) is 42.5 Å². The first kappa shape index (κ1) is 19.6. The van der Waals surface area contributed by atoms with Gasteiger partial charge in [0.05, 0.1) is 0 Å². The summed E-state index contributed by atoms with van der Waals surface area (Å²) < 4.78 is 12.9. The lowest BCUT2D eigenvalue weighted by molar-refractivity contribution is -0.121. The number of amides is 2. The van der Waals surface area contributed by atoms with E-state index in [0.29, 0.717) is 13.1 Å². The van der Waals surface area contributed by atoms with Gasteiger partial charge in [0.25, 0.3) is 0 Å². The molecule has 0 aliphatic rings. The van der Waals surface area contributed by atoms with Gasteiger partial charge in [0.2, 0.25) is 11.8 Å². The van der Waals surface area contributed by atoms with Crippen LogP contribution >= 0.6 is 0 Å². The van der Waals surface area contributed by atoms with Crippen molar-refractivity contribution in [3.05, 3.63) is 65.0 Å². The maximum atomic E-state index is 12.9. The van der Waals surface area contributed by atoms with E-state index in [4.69, 9.17) is 0 Å². The van der Waals surface area contributed by atoms with Crippen molar-refractivity contribution >= 4 is 17.5 Å². The highest BCUT2D eigenvalue weighted by Gasteiger charge is 2.18. The molecule has 0 aromatic heterocycles. The maximum Gasteiger partial charge on any atom is 0.223 e. The Labute approximate surface area is 154 Å². The van der Waals surface area contributed by atoms with Gasteiger partial charge in [0, 0.05) is 32.1 Å². The molecule has 2 amide bonds. The largest absolute Gasteiger partial charge is 0.352 e. The molecule has 0 spiro atoms. The van der Waals surface area contributed by atoms with Crippen LogP contribution in [-0.2, 0) is 22.6 Å². The van der Waals surface area contributed by atoms with Crippen LogP contribution in [0.25, 0.3) is 0 Å². The van der Waals surface area contributed by atoms with Crippen molar-refractivity contribution in [1.82, 2.24) is 5.32 Å². The zero-order valence-electron chi connectivity index (χ0n) is 15.5. The van der Waals surface area contributed by atoms with Gasteiger partial charge in [0.15, 0.2) is 0 Å². The lowest BCUT2D eigenvalue weighted by Crippen LogP contribution is -2.34. The van der Waals surface area contributed by atoms with E-state index in [1.165, 1.54) is 19.1 Å². The molecule has 5 heteroatoms. The van der Waals surface area contributed by atoms with Crippen molar-refractivity contribution < 1.29 is 14.0 Å². The van der Waals surface area contributed by atoms with Crippen molar-refractivity contribution in [2.24, 2.45) is 0 Å². The fourth-order valence-electron chi connectivity index (χ4n) is 2.92. The summed E-state index contributed by atoms with van der Waals surface area (Å²) >= 11 is 0. The van der Waals surface area contributed by atoms with Crippen LogP contribution in [0, 0.1) is 12.7 Å². The van der Waals surface area contributed by atoms with E-state index in [2.05, 4.69) is 5.32 Å². The standard InChI is InChI=1S/C21H25FN2O2/c1-4-18-7-5-6-15(2)21(18)24(16(3)25)13-12-20(26)23-14-17-8-10-19(22)11-9-17/h5-11H,4,12-14H2,1-3H3,(H,23,26). The molecule has 2 rings (SSSR count). The lowest BCUT2D eigenvalue weighted by atomic mass is 10.0. The van der Waals surface area contributed by atoms with Gasteiger partial charge in [-0.2, -0.15) is 0 Å². The summed E-state index contributed by atoms with van der Waals surface area (Å²) in [5, 5.41) is 2.81. The summed E-state index contributed by atoms with van der Waals surface area (Å²) in [5.74, 6) is -0.533. The Hall–Kier alpha value is -2.69. The fourth-order valence-corrected chi connectivity index (χ4v) is 2.92. The number of rotatable bonds is 7. The van der Waals surface area contributed by atoms with E-state index in [1.807, 2.05) is 32.0 Å². The van der Waals surface area contributed by atoms with E-state index in [1.54, 1.807) is 17.0 Å². The Balaban J connectivity index is 1.99. The van der Waals surface area contributed by atoms with Crippen LogP contribution in [0.2, 0.25) is 0 Å². The Morgan fingerprint density at radius 3 is 2.42 bits per heavy atom. The van der Waals surface area contributed by atoms with Gasteiger partial charge in [-0.15, -0.1) is 0 Å². The highest BCUT2D eigenvalue weighted by Crippen LogP contribution is 2.26. The number of halogens is 1. The van der Waals surface area contributed by atoms with E-state index in [-0.39, 0.29) is 24.1 Å². The molecule has 0 aliphatic heterocycles. The number of para-hydroxylation sites is 1. The van der Waals surface area contributed by atoms with Crippen molar-refractivity contribution in [3.8, 4) is 0 Å². The number of nitrogens with zero attached hydrogens (tertiary/aromatic N) is 1. The summed E-state index contributed by atoms with van der Waals surface area (Å²) in [7, 11) is 0. The van der Waals surface area contributed by atoms with Crippen LogP contribution in [0.5, 0.6) is 0 Å². The number of carbonyl (C=O) groups excluding carboxylic acids is 2. The Morgan fingerprint density at radius 1 is 1.12 bits per heavy atom. The van der Waals surface area contributed by atoms with Crippen LogP contribution in [0.1, 0.15) is 37.0 Å². The number of hydrogen-bond donors (Lipinski definition) is 1. The minimum Gasteiger partial charge on any atom is -0.352 e. The number of nitrogens with one attached hydrogen (secondary N) is 1. The zero-order valence-corrected chi connectivity index (χ0v) is 15.5. The quantitative estimate of drug-likeness (QED) is 0.821. The predicted molar refractivity (Wildman–Crippen MR) is 101 cm³/mol. The molecule has 0 aliphatic carbocycles. The second-order valence-corrected chi connectivity index (χ2v) is 6.26. The minimum atomic E-state index is -0.304. The third kappa shape index (κ3) is 5.15. The monoisotopic (exact) mass is 356 g/mol. The van der Waals surface area contributed by atoms with Gasteiger partial charge in [0.1, 0.15) is 5.82 Å². The number of hydrogen-bond acceptors (Lipinski definition) is 2. The third-order valence-electron chi connectivity index (χ3n) is 4.32. The van der Waals surface area contributed by atoms with Crippen molar-refractivity contribution in [3.63, 3.8) is 0 Å². The molecule has 0 fully saturated rings. The molecule has 0 heterocycles. The van der Waals surface area contributed by atoms with Crippen LogP contribution < -0.4 is 10.2 Å². The van der Waals surface area contributed by atoms with Gasteiger partial charge in [-0.25, -0.2) is 4.39 Å². The van der Waals surface area contributed by atoms with Crippen LogP contribution in [-0.4, -0.2) is 18.4 Å². The number of carbonyl (C=O) groups is 2. The Morgan fingerprint density at radius 2 is 1.81 bits per heavy atom. The normalized spacial score (nSPS) is 10.5. The van der Waals surface area contributed by atoms with Crippen molar-refractivity contribution in [2.75, 3.05) is 11.4 Å². The van der Waals surface area contributed by atoms with Gasteiger partial charge in [-0.05, 0) is 42.2 Å². The molecule has 1 N–H and O–H groups in total. The number of anilines is 1. The molecular formula is C21H25FN2O2. The van der Waals surface area contributed by atoms with Crippen LogP contribution in [0.3, 0.4) is 0 Å². The second kappa shape index (κ2) is 9.13. The molecular weight excluding hydrogens is 331 g/mol. The summed E-state index contributed by atoms with van der Waals surface area (Å²) in [6.07, 6.45) is 1.02. The molecule has 0 saturated heterocycles. The molecule has 2 aromatic carbocycles. The van der Waals surface area contributed by atoms with Gasteiger partial charge in [-0.3, -0.25) is 9.59 Å². The first-order valence-corrected chi connectivity index (χ1v) is 8.80. The van der Waals surface area contributed by atoms with E-state index >= 15 is 0 Å². The average molecular weight is 356 g/mol.